The highest BCUT2D eigenvalue weighted by molar-refractivity contribution is 5.28. The first-order valence-electron chi connectivity index (χ1n) is 4.30. The second-order valence-electron chi connectivity index (χ2n) is 3.37. The van der Waals surface area contributed by atoms with E-state index in [1.807, 2.05) is 12.4 Å². The van der Waals surface area contributed by atoms with Gasteiger partial charge < -0.3 is 0 Å². The smallest absolute Gasteiger partial charge is 0.0305 e. The van der Waals surface area contributed by atoms with Crippen LogP contribution in [0.1, 0.15) is 36.8 Å². The summed E-state index contributed by atoms with van der Waals surface area (Å²) in [5, 5.41) is 0. The van der Waals surface area contributed by atoms with E-state index in [9.17, 15) is 0 Å². The van der Waals surface area contributed by atoms with Crippen LogP contribution in [-0.4, -0.2) is 4.98 Å². The van der Waals surface area contributed by atoms with Gasteiger partial charge in [0.15, 0.2) is 0 Å². The molecule has 0 aliphatic heterocycles. The minimum Gasteiger partial charge on any atom is -0.264 e. The summed E-state index contributed by atoms with van der Waals surface area (Å²) in [6.07, 6.45) is 7.86. The predicted octanol–water partition coefficient (Wildman–Crippen LogP) is 2.52. The topological polar surface area (TPSA) is 12.9 Å². The molecule has 0 fully saturated rings. The molecule has 1 aromatic heterocycles. The van der Waals surface area contributed by atoms with Crippen molar-refractivity contribution in [1.82, 2.24) is 4.98 Å². The van der Waals surface area contributed by atoms with Gasteiger partial charge in [0.2, 0.25) is 0 Å². The molecule has 0 saturated carbocycles. The second kappa shape index (κ2) is 2.65. The molecule has 1 heteroatoms. The van der Waals surface area contributed by atoms with Crippen LogP contribution in [0.4, 0.5) is 0 Å². The molecule has 1 aliphatic rings. The lowest BCUT2D eigenvalue weighted by Crippen LogP contribution is -2.06. The van der Waals surface area contributed by atoms with Crippen LogP contribution in [0.25, 0.3) is 0 Å². The molecule has 1 atom stereocenters. The van der Waals surface area contributed by atoms with Gasteiger partial charge in [-0.25, -0.2) is 0 Å². The predicted molar refractivity (Wildman–Crippen MR) is 45.6 cm³/mol. The van der Waals surface area contributed by atoms with Gasteiger partial charge in [-0.2, -0.15) is 0 Å². The molecule has 0 aromatic carbocycles. The number of nitrogens with zero attached hydrogens (tertiary/aromatic N) is 1. The third kappa shape index (κ3) is 1.15. The maximum atomic E-state index is 4.15. The molecule has 58 valence electrons. The van der Waals surface area contributed by atoms with Crippen LogP contribution in [-0.2, 0) is 6.42 Å². The molecule has 1 nitrogen and oxygen atoms in total. The Morgan fingerprint density at radius 1 is 1.55 bits per heavy atom. The van der Waals surface area contributed by atoms with E-state index in [0.29, 0.717) is 0 Å². The summed E-state index contributed by atoms with van der Waals surface area (Å²) in [4.78, 5) is 4.15. The molecular formula is C10H13N. The van der Waals surface area contributed by atoms with Crippen LogP contribution >= 0.6 is 0 Å². The van der Waals surface area contributed by atoms with E-state index in [-0.39, 0.29) is 0 Å². The number of hydrogen-bond donors (Lipinski definition) is 0. The molecule has 1 heterocycles. The molecule has 1 aliphatic carbocycles. The Labute approximate surface area is 67.5 Å². The minimum absolute atomic E-state index is 0.729. The van der Waals surface area contributed by atoms with Crippen LogP contribution in [0, 0.1) is 0 Å². The first kappa shape index (κ1) is 6.84. The van der Waals surface area contributed by atoms with Crippen molar-refractivity contribution < 1.29 is 0 Å². The van der Waals surface area contributed by atoms with Crippen LogP contribution in [0.5, 0.6) is 0 Å². The Kier molecular flexibility index (Phi) is 1.65. The summed E-state index contributed by atoms with van der Waals surface area (Å²) in [5.74, 6) is 0.729. The van der Waals surface area contributed by atoms with Crippen molar-refractivity contribution in [3.05, 3.63) is 29.6 Å². The van der Waals surface area contributed by atoms with Crippen molar-refractivity contribution in [3.63, 3.8) is 0 Å². The minimum atomic E-state index is 0.729. The van der Waals surface area contributed by atoms with Crippen molar-refractivity contribution in [3.8, 4) is 0 Å². The van der Waals surface area contributed by atoms with E-state index in [1.54, 1.807) is 0 Å². The summed E-state index contributed by atoms with van der Waals surface area (Å²) in [5.41, 5.74) is 2.98. The number of rotatable bonds is 0. The number of aromatic nitrogens is 1. The number of aryl methyl sites for hydroxylation is 1. The highest BCUT2D eigenvalue weighted by atomic mass is 14.6. The van der Waals surface area contributed by atoms with Crippen LogP contribution in [0.15, 0.2) is 18.5 Å². The largest absolute Gasteiger partial charge is 0.264 e. The van der Waals surface area contributed by atoms with Crippen LogP contribution in [0.2, 0.25) is 0 Å². The number of pyridine rings is 1. The zero-order chi connectivity index (χ0) is 7.68. The molecule has 0 radical (unpaired) electrons. The Morgan fingerprint density at radius 3 is 3.27 bits per heavy atom. The molecule has 0 amide bonds. The molecule has 1 aromatic rings. The summed E-state index contributed by atoms with van der Waals surface area (Å²) < 4.78 is 0. The maximum Gasteiger partial charge on any atom is 0.0305 e. The maximum absolute atomic E-state index is 4.15. The van der Waals surface area contributed by atoms with Gasteiger partial charge in [-0.3, -0.25) is 4.98 Å². The molecule has 0 N–H and O–H groups in total. The highest BCUT2D eigenvalue weighted by Crippen LogP contribution is 2.29. The van der Waals surface area contributed by atoms with E-state index in [2.05, 4.69) is 18.0 Å². The molecular weight excluding hydrogens is 134 g/mol. The van der Waals surface area contributed by atoms with Gasteiger partial charge in [0, 0.05) is 12.4 Å². The lowest BCUT2D eigenvalue weighted by molar-refractivity contribution is 0.587. The fraction of sp³-hybridized carbons (Fsp3) is 0.500. The van der Waals surface area contributed by atoms with Gasteiger partial charge in [-0.15, -0.1) is 0 Å². The van der Waals surface area contributed by atoms with E-state index < -0.39 is 0 Å². The summed E-state index contributed by atoms with van der Waals surface area (Å²) in [7, 11) is 0. The third-order valence-corrected chi connectivity index (χ3v) is 2.56. The van der Waals surface area contributed by atoms with E-state index in [1.165, 1.54) is 30.4 Å². The molecule has 1 unspecified atom stereocenters. The number of fused-ring (bicyclic) bond motifs is 1. The van der Waals surface area contributed by atoms with E-state index >= 15 is 0 Å². The van der Waals surface area contributed by atoms with Crippen LogP contribution in [0.3, 0.4) is 0 Å². The molecule has 2 rings (SSSR count). The zero-order valence-electron chi connectivity index (χ0n) is 6.88. The van der Waals surface area contributed by atoms with Gasteiger partial charge in [0.1, 0.15) is 0 Å². The van der Waals surface area contributed by atoms with Crippen molar-refractivity contribution >= 4 is 0 Å². The number of hydrogen-bond acceptors (Lipinski definition) is 1. The zero-order valence-corrected chi connectivity index (χ0v) is 6.88. The SMILES string of the molecule is CC1CCCc2ccncc21. The monoisotopic (exact) mass is 147 g/mol. The molecule has 0 spiro atoms. The van der Waals surface area contributed by atoms with Crippen molar-refractivity contribution in [2.45, 2.75) is 32.1 Å². The van der Waals surface area contributed by atoms with Gasteiger partial charge >= 0.3 is 0 Å². The van der Waals surface area contributed by atoms with Crippen LogP contribution < -0.4 is 0 Å². The molecule has 0 bridgehead atoms. The van der Waals surface area contributed by atoms with E-state index in [4.69, 9.17) is 0 Å². The van der Waals surface area contributed by atoms with Gasteiger partial charge in [0.25, 0.3) is 0 Å². The van der Waals surface area contributed by atoms with Gasteiger partial charge in [-0.05, 0) is 42.4 Å². The average Bonchev–Trinajstić information content (AvgIpc) is 2.06. The standard InChI is InChI=1S/C10H13N/c1-8-3-2-4-9-5-6-11-7-10(8)9/h5-8H,2-4H2,1H3. The third-order valence-electron chi connectivity index (χ3n) is 2.56. The van der Waals surface area contributed by atoms with Crippen molar-refractivity contribution in [2.75, 3.05) is 0 Å². The molecule has 11 heavy (non-hydrogen) atoms. The molecule has 0 saturated heterocycles. The highest BCUT2D eigenvalue weighted by Gasteiger charge is 2.14. The Hall–Kier alpha value is -0.850. The summed E-state index contributed by atoms with van der Waals surface area (Å²) in [6, 6.07) is 2.16. The Bertz CT molecular complexity index is 255. The Balaban J connectivity index is 2.44. The lowest BCUT2D eigenvalue weighted by atomic mass is 9.85. The summed E-state index contributed by atoms with van der Waals surface area (Å²) >= 11 is 0. The average molecular weight is 147 g/mol. The van der Waals surface area contributed by atoms with Gasteiger partial charge in [-0.1, -0.05) is 6.92 Å². The van der Waals surface area contributed by atoms with E-state index in [0.717, 1.165) is 5.92 Å². The lowest BCUT2D eigenvalue weighted by Gasteiger charge is -2.20. The fourth-order valence-corrected chi connectivity index (χ4v) is 1.86. The first-order chi connectivity index (χ1) is 5.38. The fourth-order valence-electron chi connectivity index (χ4n) is 1.86. The normalized spacial score (nSPS) is 22.8. The van der Waals surface area contributed by atoms with Crippen molar-refractivity contribution in [1.29, 1.82) is 0 Å². The van der Waals surface area contributed by atoms with Gasteiger partial charge in [0.05, 0.1) is 0 Å². The second-order valence-corrected chi connectivity index (χ2v) is 3.37. The summed E-state index contributed by atoms with van der Waals surface area (Å²) in [6.45, 7) is 2.29. The Morgan fingerprint density at radius 2 is 2.45 bits per heavy atom. The van der Waals surface area contributed by atoms with Crippen molar-refractivity contribution in [2.24, 2.45) is 0 Å². The first-order valence-corrected chi connectivity index (χ1v) is 4.30. The quantitative estimate of drug-likeness (QED) is 0.549.